The van der Waals surface area contributed by atoms with Gasteiger partial charge >= 0.3 is 0 Å². The van der Waals surface area contributed by atoms with Crippen molar-refractivity contribution < 1.29 is 9.90 Å². The van der Waals surface area contributed by atoms with Crippen LogP contribution in [0.15, 0.2) is 24.3 Å². The maximum atomic E-state index is 11.6. The van der Waals surface area contributed by atoms with E-state index in [0.717, 1.165) is 12.2 Å². The number of carbonyl (C=O) groups is 1. The molecule has 0 radical (unpaired) electrons. The highest BCUT2D eigenvalue weighted by atomic mass is 32.2. The number of anilines is 1. The Morgan fingerprint density at radius 3 is 2.89 bits per heavy atom. The van der Waals surface area contributed by atoms with Gasteiger partial charge in [0.25, 0.3) is 0 Å². The second-order valence-electron chi connectivity index (χ2n) is 3.65. The number of nitrogens with zero attached hydrogens (tertiary/aromatic N) is 1. The molecule has 0 spiro atoms. The number of amides is 1. The minimum atomic E-state index is -0.0812. The van der Waals surface area contributed by atoms with Crippen molar-refractivity contribution in [1.29, 1.82) is 5.26 Å². The van der Waals surface area contributed by atoms with Crippen molar-refractivity contribution in [3.05, 3.63) is 29.8 Å². The van der Waals surface area contributed by atoms with Gasteiger partial charge in [-0.25, -0.2) is 0 Å². The van der Waals surface area contributed by atoms with Crippen molar-refractivity contribution >= 4 is 23.4 Å². The number of rotatable bonds is 7. The molecule has 2 N–H and O–H groups in total. The van der Waals surface area contributed by atoms with Gasteiger partial charge in [0.15, 0.2) is 0 Å². The fourth-order valence-corrected chi connectivity index (χ4v) is 2.09. The predicted octanol–water partition coefficient (Wildman–Crippen LogP) is 2.00. The molecule has 0 saturated carbocycles. The number of aliphatic hydroxyl groups is 1. The summed E-state index contributed by atoms with van der Waals surface area (Å²) in [4.78, 5) is 11.6. The quantitative estimate of drug-likeness (QED) is 0.739. The number of thioether (sulfide) groups is 1. The Balaban J connectivity index is 2.34. The number of para-hydroxylation sites is 1. The van der Waals surface area contributed by atoms with E-state index in [4.69, 9.17) is 10.4 Å². The van der Waals surface area contributed by atoms with Gasteiger partial charge in [0.2, 0.25) is 5.91 Å². The molecule has 0 unspecified atom stereocenters. The molecule has 1 rings (SSSR count). The fourth-order valence-electron chi connectivity index (χ4n) is 1.40. The molecule has 0 heterocycles. The summed E-state index contributed by atoms with van der Waals surface area (Å²) in [5.74, 6) is 1.48. The number of carbonyl (C=O) groups excluding carboxylic acids is 1. The van der Waals surface area contributed by atoms with Crippen molar-refractivity contribution in [3.8, 4) is 6.07 Å². The first-order valence-corrected chi connectivity index (χ1v) is 6.91. The molecule has 0 aliphatic carbocycles. The SMILES string of the molecule is N#Cc1ccccc1NC(=O)CCCSCCO. The molecule has 0 aliphatic heterocycles. The molecule has 1 aromatic carbocycles. The lowest BCUT2D eigenvalue weighted by molar-refractivity contribution is -0.116. The first-order valence-electron chi connectivity index (χ1n) is 5.75. The van der Waals surface area contributed by atoms with E-state index in [9.17, 15) is 4.79 Å². The number of hydrogen-bond donors (Lipinski definition) is 2. The van der Waals surface area contributed by atoms with Crippen molar-refractivity contribution in [1.82, 2.24) is 0 Å². The second-order valence-corrected chi connectivity index (χ2v) is 4.87. The molecule has 18 heavy (non-hydrogen) atoms. The summed E-state index contributed by atoms with van der Waals surface area (Å²) in [5.41, 5.74) is 1.04. The Labute approximate surface area is 111 Å². The van der Waals surface area contributed by atoms with Crippen LogP contribution in [0, 0.1) is 11.3 Å². The minimum Gasteiger partial charge on any atom is -0.396 e. The van der Waals surface area contributed by atoms with E-state index in [2.05, 4.69) is 5.32 Å². The number of aliphatic hydroxyl groups excluding tert-OH is 1. The van der Waals surface area contributed by atoms with Gasteiger partial charge in [0.1, 0.15) is 6.07 Å². The Hall–Kier alpha value is -1.51. The lowest BCUT2D eigenvalue weighted by atomic mass is 10.2. The van der Waals surface area contributed by atoms with Crippen LogP contribution in [0.3, 0.4) is 0 Å². The summed E-state index contributed by atoms with van der Waals surface area (Å²) in [5, 5.41) is 20.2. The first-order chi connectivity index (χ1) is 8.77. The van der Waals surface area contributed by atoms with Gasteiger partial charge < -0.3 is 10.4 Å². The summed E-state index contributed by atoms with van der Waals surface area (Å²) in [6, 6.07) is 8.98. The normalized spacial score (nSPS) is 9.78. The maximum absolute atomic E-state index is 11.6. The van der Waals surface area contributed by atoms with Crippen molar-refractivity contribution in [2.24, 2.45) is 0 Å². The average molecular weight is 264 g/mol. The van der Waals surface area contributed by atoms with E-state index in [1.54, 1.807) is 36.0 Å². The van der Waals surface area contributed by atoms with Crippen LogP contribution < -0.4 is 5.32 Å². The Bertz CT molecular complexity index is 429. The van der Waals surface area contributed by atoms with Gasteiger partial charge in [-0.05, 0) is 24.3 Å². The molecule has 0 aromatic heterocycles. The molecule has 0 saturated heterocycles. The predicted molar refractivity (Wildman–Crippen MR) is 73.4 cm³/mol. The molecule has 0 atom stereocenters. The van der Waals surface area contributed by atoms with Crippen LogP contribution in [-0.4, -0.2) is 29.1 Å². The highest BCUT2D eigenvalue weighted by molar-refractivity contribution is 7.99. The van der Waals surface area contributed by atoms with Crippen LogP contribution in [-0.2, 0) is 4.79 Å². The van der Waals surface area contributed by atoms with E-state index in [1.165, 1.54) is 0 Å². The van der Waals surface area contributed by atoms with E-state index >= 15 is 0 Å². The van der Waals surface area contributed by atoms with Gasteiger partial charge in [0.05, 0.1) is 17.9 Å². The number of benzene rings is 1. The maximum Gasteiger partial charge on any atom is 0.224 e. The lowest BCUT2D eigenvalue weighted by Gasteiger charge is -2.06. The Kier molecular flexibility index (Phi) is 6.92. The molecule has 1 amide bonds. The topological polar surface area (TPSA) is 73.1 Å². The van der Waals surface area contributed by atoms with E-state index in [-0.39, 0.29) is 12.5 Å². The number of nitrogens with one attached hydrogen (secondary N) is 1. The van der Waals surface area contributed by atoms with E-state index in [1.807, 2.05) is 6.07 Å². The molecule has 5 heteroatoms. The van der Waals surface area contributed by atoms with Crippen molar-refractivity contribution in [3.63, 3.8) is 0 Å². The van der Waals surface area contributed by atoms with E-state index < -0.39 is 0 Å². The van der Waals surface area contributed by atoms with Crippen molar-refractivity contribution in [2.45, 2.75) is 12.8 Å². The largest absolute Gasteiger partial charge is 0.396 e. The molecule has 4 nitrogen and oxygen atoms in total. The summed E-state index contributed by atoms with van der Waals surface area (Å²) in [7, 11) is 0. The van der Waals surface area contributed by atoms with Gasteiger partial charge in [-0.2, -0.15) is 17.0 Å². The molecular formula is C13H16N2O2S. The summed E-state index contributed by atoms with van der Waals surface area (Å²) < 4.78 is 0. The summed E-state index contributed by atoms with van der Waals surface area (Å²) in [6.07, 6.45) is 1.20. The smallest absolute Gasteiger partial charge is 0.224 e. The van der Waals surface area contributed by atoms with Gasteiger partial charge in [-0.1, -0.05) is 12.1 Å². The van der Waals surface area contributed by atoms with E-state index in [0.29, 0.717) is 23.4 Å². The molecule has 0 bridgehead atoms. The zero-order valence-corrected chi connectivity index (χ0v) is 10.9. The van der Waals surface area contributed by atoms with Gasteiger partial charge in [-0.3, -0.25) is 4.79 Å². The van der Waals surface area contributed by atoms with Crippen LogP contribution in [0.5, 0.6) is 0 Å². The molecule has 0 fully saturated rings. The van der Waals surface area contributed by atoms with Gasteiger partial charge in [0, 0.05) is 12.2 Å². The van der Waals surface area contributed by atoms with Crippen LogP contribution in [0.4, 0.5) is 5.69 Å². The zero-order chi connectivity index (χ0) is 13.2. The molecule has 0 aliphatic rings. The highest BCUT2D eigenvalue weighted by Gasteiger charge is 2.05. The standard InChI is InChI=1S/C13H16N2O2S/c14-10-11-4-1-2-5-12(11)15-13(17)6-3-8-18-9-7-16/h1-2,4-5,16H,3,6-9H2,(H,15,17). The van der Waals surface area contributed by atoms with Crippen LogP contribution >= 0.6 is 11.8 Å². The molecular weight excluding hydrogens is 248 g/mol. The second kappa shape index (κ2) is 8.56. The third-order valence-corrected chi connectivity index (χ3v) is 3.30. The third kappa shape index (κ3) is 5.21. The number of hydrogen-bond acceptors (Lipinski definition) is 4. The molecule has 96 valence electrons. The van der Waals surface area contributed by atoms with Crippen molar-refractivity contribution in [2.75, 3.05) is 23.4 Å². The van der Waals surface area contributed by atoms with Crippen LogP contribution in [0.25, 0.3) is 0 Å². The third-order valence-electron chi connectivity index (χ3n) is 2.25. The van der Waals surface area contributed by atoms with Gasteiger partial charge in [-0.15, -0.1) is 0 Å². The monoisotopic (exact) mass is 264 g/mol. The minimum absolute atomic E-state index is 0.0812. The summed E-state index contributed by atoms with van der Waals surface area (Å²) in [6.45, 7) is 0.173. The lowest BCUT2D eigenvalue weighted by Crippen LogP contribution is -2.12. The highest BCUT2D eigenvalue weighted by Crippen LogP contribution is 2.14. The fraction of sp³-hybridized carbons (Fsp3) is 0.385. The average Bonchev–Trinajstić information content (AvgIpc) is 2.39. The summed E-state index contributed by atoms with van der Waals surface area (Å²) >= 11 is 1.63. The first kappa shape index (κ1) is 14.6. The Morgan fingerprint density at radius 1 is 1.39 bits per heavy atom. The van der Waals surface area contributed by atoms with Crippen LogP contribution in [0.2, 0.25) is 0 Å². The zero-order valence-electron chi connectivity index (χ0n) is 10.1. The number of nitriles is 1. The Morgan fingerprint density at radius 2 is 2.17 bits per heavy atom. The molecule has 1 aromatic rings. The van der Waals surface area contributed by atoms with Crippen LogP contribution in [0.1, 0.15) is 18.4 Å².